The first kappa shape index (κ1) is 25.1. The van der Waals surface area contributed by atoms with E-state index in [4.69, 9.17) is 15.5 Å². The SMILES string of the molecule is Cc1nc(NC(=O)C2CCN(C)CC2)sc1-c1csc(Nc2cc(C(N)=O)ccc2OC(C)C)n1. The summed E-state index contributed by atoms with van der Waals surface area (Å²) in [4.78, 5) is 36.8. The zero-order valence-corrected chi connectivity index (χ0v) is 21.9. The van der Waals surface area contributed by atoms with Crippen LogP contribution in [0.1, 0.15) is 42.7 Å². The Morgan fingerprint density at radius 3 is 2.63 bits per heavy atom. The first-order valence-corrected chi connectivity index (χ1v) is 13.2. The van der Waals surface area contributed by atoms with Gasteiger partial charge in [-0.3, -0.25) is 9.59 Å². The molecule has 1 aliphatic rings. The van der Waals surface area contributed by atoms with Gasteiger partial charge in [-0.15, -0.1) is 11.3 Å². The molecule has 11 heteroatoms. The Kier molecular flexibility index (Phi) is 7.68. The topological polar surface area (TPSA) is 122 Å². The van der Waals surface area contributed by atoms with Crippen molar-refractivity contribution in [3.8, 4) is 16.3 Å². The highest BCUT2D eigenvalue weighted by Gasteiger charge is 2.25. The number of nitrogens with one attached hydrogen (secondary N) is 2. The number of piperidine rings is 1. The summed E-state index contributed by atoms with van der Waals surface area (Å²) >= 11 is 2.85. The summed E-state index contributed by atoms with van der Waals surface area (Å²) in [5, 5.41) is 9.41. The van der Waals surface area contributed by atoms with Gasteiger partial charge in [-0.25, -0.2) is 9.97 Å². The average molecular weight is 515 g/mol. The molecule has 0 saturated carbocycles. The molecule has 35 heavy (non-hydrogen) atoms. The molecule has 0 bridgehead atoms. The molecule has 1 aliphatic heterocycles. The van der Waals surface area contributed by atoms with Gasteiger partial charge in [0.25, 0.3) is 0 Å². The van der Waals surface area contributed by atoms with Crippen LogP contribution in [0.5, 0.6) is 5.75 Å². The summed E-state index contributed by atoms with van der Waals surface area (Å²) in [6.45, 7) is 7.64. The average Bonchev–Trinajstić information content (AvgIpc) is 3.40. The van der Waals surface area contributed by atoms with Crippen LogP contribution in [0, 0.1) is 12.8 Å². The largest absolute Gasteiger partial charge is 0.489 e. The van der Waals surface area contributed by atoms with Crippen LogP contribution in [-0.4, -0.2) is 52.9 Å². The van der Waals surface area contributed by atoms with E-state index < -0.39 is 5.91 Å². The van der Waals surface area contributed by atoms with Gasteiger partial charge >= 0.3 is 0 Å². The number of carbonyl (C=O) groups is 2. The molecule has 1 saturated heterocycles. The van der Waals surface area contributed by atoms with Gasteiger partial charge in [0.2, 0.25) is 11.8 Å². The van der Waals surface area contributed by atoms with Gasteiger partial charge < -0.3 is 26.0 Å². The second kappa shape index (κ2) is 10.7. The van der Waals surface area contributed by atoms with Gasteiger partial charge in [-0.05, 0) is 71.9 Å². The number of nitrogens with zero attached hydrogens (tertiary/aromatic N) is 3. The number of primary amides is 1. The molecule has 9 nitrogen and oxygen atoms in total. The van der Waals surface area contributed by atoms with E-state index in [0.717, 1.165) is 42.2 Å². The van der Waals surface area contributed by atoms with Crippen LogP contribution in [0.3, 0.4) is 0 Å². The predicted octanol–water partition coefficient (Wildman–Crippen LogP) is 4.49. The van der Waals surface area contributed by atoms with E-state index in [1.807, 2.05) is 26.2 Å². The van der Waals surface area contributed by atoms with Crippen LogP contribution in [0.4, 0.5) is 16.0 Å². The molecule has 4 N–H and O–H groups in total. The number of likely N-dealkylation sites (tertiary alicyclic amines) is 1. The molecule has 1 aromatic carbocycles. The smallest absolute Gasteiger partial charge is 0.248 e. The minimum Gasteiger partial charge on any atom is -0.489 e. The summed E-state index contributed by atoms with van der Waals surface area (Å²) in [6, 6.07) is 5.03. The standard InChI is InChI=1S/C24H30N6O3S2/c1-13(2)33-19-6-5-16(21(25)31)11-17(19)27-23-28-18(12-34-23)20-14(3)26-24(35-20)29-22(32)15-7-9-30(4)10-8-15/h5-6,11-13,15H,7-10H2,1-4H3,(H2,25,31)(H,27,28)(H,26,29,32). The lowest BCUT2D eigenvalue weighted by Gasteiger charge is -2.27. The summed E-state index contributed by atoms with van der Waals surface area (Å²) < 4.78 is 5.87. The number of carbonyl (C=O) groups excluding carboxylic acids is 2. The lowest BCUT2D eigenvalue weighted by atomic mass is 9.96. The van der Waals surface area contributed by atoms with Crippen LogP contribution in [-0.2, 0) is 4.79 Å². The Balaban J connectivity index is 1.49. The third-order valence-electron chi connectivity index (χ3n) is 5.72. The van der Waals surface area contributed by atoms with Crippen molar-refractivity contribution in [2.24, 2.45) is 11.7 Å². The second-order valence-corrected chi connectivity index (χ2v) is 10.8. The first-order chi connectivity index (χ1) is 16.7. The Morgan fingerprint density at radius 2 is 1.94 bits per heavy atom. The van der Waals surface area contributed by atoms with E-state index in [9.17, 15) is 9.59 Å². The Morgan fingerprint density at radius 1 is 1.20 bits per heavy atom. The van der Waals surface area contributed by atoms with E-state index in [0.29, 0.717) is 27.3 Å². The number of anilines is 3. The van der Waals surface area contributed by atoms with Crippen molar-refractivity contribution in [2.45, 2.75) is 39.7 Å². The highest BCUT2D eigenvalue weighted by Crippen LogP contribution is 2.37. The third-order valence-corrected chi connectivity index (χ3v) is 7.57. The van der Waals surface area contributed by atoms with E-state index in [-0.39, 0.29) is 17.9 Å². The van der Waals surface area contributed by atoms with Crippen molar-refractivity contribution >= 4 is 50.4 Å². The van der Waals surface area contributed by atoms with Crippen molar-refractivity contribution in [1.29, 1.82) is 0 Å². The van der Waals surface area contributed by atoms with Gasteiger partial charge in [0, 0.05) is 16.9 Å². The number of benzene rings is 1. The maximum absolute atomic E-state index is 12.7. The maximum atomic E-state index is 12.7. The molecule has 3 heterocycles. The van der Waals surface area contributed by atoms with Crippen molar-refractivity contribution in [1.82, 2.24) is 14.9 Å². The van der Waals surface area contributed by atoms with Gasteiger partial charge in [-0.2, -0.15) is 0 Å². The van der Waals surface area contributed by atoms with E-state index in [1.165, 1.54) is 22.7 Å². The van der Waals surface area contributed by atoms with Crippen LogP contribution >= 0.6 is 22.7 Å². The third kappa shape index (κ3) is 6.16. The lowest BCUT2D eigenvalue weighted by Crippen LogP contribution is -2.35. The Hall–Kier alpha value is -3.02. The molecular weight excluding hydrogens is 484 g/mol. The van der Waals surface area contributed by atoms with Crippen molar-refractivity contribution in [3.63, 3.8) is 0 Å². The fourth-order valence-corrected chi connectivity index (χ4v) is 5.57. The molecule has 0 aliphatic carbocycles. The van der Waals surface area contributed by atoms with E-state index >= 15 is 0 Å². The maximum Gasteiger partial charge on any atom is 0.248 e. The van der Waals surface area contributed by atoms with E-state index in [2.05, 4.69) is 27.6 Å². The number of aromatic nitrogens is 2. The molecule has 186 valence electrons. The molecular formula is C24H30N6O3S2. The fourth-order valence-electron chi connectivity index (χ4n) is 3.85. The number of aryl methyl sites for hydroxylation is 1. The molecule has 2 amide bonds. The number of amides is 2. The zero-order valence-electron chi connectivity index (χ0n) is 20.3. The van der Waals surface area contributed by atoms with Gasteiger partial charge in [0.15, 0.2) is 10.3 Å². The van der Waals surface area contributed by atoms with Gasteiger partial charge in [0.1, 0.15) is 5.75 Å². The molecule has 0 radical (unpaired) electrons. The van der Waals surface area contributed by atoms with Crippen LogP contribution in [0.25, 0.3) is 10.6 Å². The summed E-state index contributed by atoms with van der Waals surface area (Å²) in [5.41, 5.74) is 8.03. The van der Waals surface area contributed by atoms with Crippen LogP contribution < -0.4 is 21.1 Å². The monoisotopic (exact) mass is 514 g/mol. The lowest BCUT2D eigenvalue weighted by molar-refractivity contribution is -0.121. The highest BCUT2D eigenvalue weighted by molar-refractivity contribution is 7.20. The van der Waals surface area contributed by atoms with Gasteiger partial charge in [0.05, 0.1) is 28.1 Å². The van der Waals surface area contributed by atoms with Crippen LogP contribution in [0.15, 0.2) is 23.6 Å². The molecule has 0 atom stereocenters. The highest BCUT2D eigenvalue weighted by atomic mass is 32.1. The Bertz CT molecular complexity index is 1210. The normalized spacial score (nSPS) is 14.8. The fraction of sp³-hybridized carbons (Fsp3) is 0.417. The number of rotatable bonds is 8. The number of hydrogen-bond acceptors (Lipinski definition) is 9. The number of hydrogen-bond donors (Lipinski definition) is 3. The summed E-state index contributed by atoms with van der Waals surface area (Å²) in [6.07, 6.45) is 1.69. The minimum atomic E-state index is -0.515. The summed E-state index contributed by atoms with van der Waals surface area (Å²) in [7, 11) is 2.08. The Labute approximate surface area is 212 Å². The van der Waals surface area contributed by atoms with Crippen LogP contribution in [0.2, 0.25) is 0 Å². The zero-order chi connectivity index (χ0) is 25.1. The molecule has 3 aromatic rings. The number of nitrogens with two attached hydrogens (primary N) is 1. The predicted molar refractivity (Wildman–Crippen MR) is 141 cm³/mol. The molecule has 2 aromatic heterocycles. The molecule has 4 rings (SSSR count). The minimum absolute atomic E-state index is 0.0207. The molecule has 0 unspecified atom stereocenters. The van der Waals surface area contributed by atoms with Gasteiger partial charge in [-0.1, -0.05) is 11.3 Å². The van der Waals surface area contributed by atoms with E-state index in [1.54, 1.807) is 18.2 Å². The van der Waals surface area contributed by atoms with Crippen molar-refractivity contribution in [2.75, 3.05) is 30.8 Å². The number of thiazole rings is 2. The second-order valence-electron chi connectivity index (χ2n) is 8.91. The summed E-state index contributed by atoms with van der Waals surface area (Å²) in [5.74, 6) is 0.145. The van der Waals surface area contributed by atoms with Crippen molar-refractivity contribution < 1.29 is 14.3 Å². The van der Waals surface area contributed by atoms with Crippen molar-refractivity contribution in [3.05, 3.63) is 34.8 Å². The number of ether oxygens (including phenoxy) is 1. The quantitative estimate of drug-likeness (QED) is 0.405. The molecule has 1 fully saturated rings. The molecule has 0 spiro atoms. The first-order valence-electron chi connectivity index (χ1n) is 11.5.